The van der Waals surface area contributed by atoms with E-state index in [-0.39, 0.29) is 0 Å². The average Bonchev–Trinajstić information content (AvgIpc) is 2.86. The van der Waals surface area contributed by atoms with E-state index in [9.17, 15) is 5.11 Å². The molecule has 0 bridgehead atoms. The van der Waals surface area contributed by atoms with Crippen molar-refractivity contribution in [2.45, 2.75) is 6.10 Å². The molecule has 1 N–H and O–H groups in total. The summed E-state index contributed by atoms with van der Waals surface area (Å²) in [6.07, 6.45) is 2.88. The van der Waals surface area contributed by atoms with Crippen LogP contribution in [0.3, 0.4) is 0 Å². The predicted molar refractivity (Wildman–Crippen MR) is 125 cm³/mol. The van der Waals surface area contributed by atoms with Gasteiger partial charge in [-0.25, -0.2) is 0 Å². The second-order valence-corrected chi connectivity index (χ2v) is 6.99. The Hall–Kier alpha value is -3.64. The van der Waals surface area contributed by atoms with Crippen molar-refractivity contribution < 1.29 is 28.8 Å². The van der Waals surface area contributed by atoms with Crippen LogP contribution in [0.4, 0.5) is 0 Å². The lowest BCUT2D eigenvalue weighted by molar-refractivity contribution is 0.213. The van der Waals surface area contributed by atoms with Gasteiger partial charge in [0.2, 0.25) is 0 Å². The molecule has 32 heavy (non-hydrogen) atoms. The molecule has 1 unspecified atom stereocenters. The number of ether oxygens (including phenoxy) is 5. The summed E-state index contributed by atoms with van der Waals surface area (Å²) < 4.78 is 27.0. The van der Waals surface area contributed by atoms with Crippen LogP contribution in [0, 0.1) is 0 Å². The Balaban J connectivity index is 2.10. The topological polar surface area (TPSA) is 66.4 Å². The highest BCUT2D eigenvalue weighted by molar-refractivity contribution is 5.74. The standard InChI is InChI=1S/C26H28O6/c1-28-20-10-7-17(8-11-20)6-9-18-12-23(31-4)16-24(32-5)25(18)26(27)19-13-21(29-2)15-22(14-19)30-3/h6-16,26-27H,1-5H3/b9-6+. The number of benzene rings is 3. The number of aliphatic hydroxyl groups is 1. The van der Waals surface area contributed by atoms with Gasteiger partial charge in [-0.15, -0.1) is 0 Å². The molecule has 168 valence electrons. The summed E-state index contributed by atoms with van der Waals surface area (Å²) in [6, 6.07) is 16.6. The molecular weight excluding hydrogens is 408 g/mol. The van der Waals surface area contributed by atoms with E-state index in [4.69, 9.17) is 23.7 Å². The van der Waals surface area contributed by atoms with Crippen LogP contribution in [-0.2, 0) is 0 Å². The van der Waals surface area contributed by atoms with Gasteiger partial charge in [-0.2, -0.15) is 0 Å². The molecule has 0 amide bonds. The lowest BCUT2D eigenvalue weighted by Gasteiger charge is -2.20. The zero-order valence-electron chi connectivity index (χ0n) is 18.9. The van der Waals surface area contributed by atoms with Crippen molar-refractivity contribution in [3.05, 3.63) is 76.9 Å². The Morgan fingerprint density at radius 3 is 1.72 bits per heavy atom. The Bertz CT molecular complexity index is 1050. The summed E-state index contributed by atoms with van der Waals surface area (Å²) in [5.41, 5.74) is 2.96. The van der Waals surface area contributed by atoms with E-state index in [0.29, 0.717) is 34.1 Å². The highest BCUT2D eigenvalue weighted by atomic mass is 16.5. The van der Waals surface area contributed by atoms with Crippen LogP contribution in [0.1, 0.15) is 28.4 Å². The minimum atomic E-state index is -0.990. The molecular formula is C26H28O6. The van der Waals surface area contributed by atoms with Gasteiger partial charge in [-0.05, 0) is 47.0 Å². The third-order valence-corrected chi connectivity index (χ3v) is 5.14. The summed E-state index contributed by atoms with van der Waals surface area (Å²) in [5, 5.41) is 11.4. The van der Waals surface area contributed by atoms with Gasteiger partial charge in [-0.1, -0.05) is 24.3 Å². The van der Waals surface area contributed by atoms with E-state index in [2.05, 4.69) is 0 Å². The summed E-state index contributed by atoms with van der Waals surface area (Å²) in [5.74, 6) is 3.08. The lowest BCUT2D eigenvalue weighted by Crippen LogP contribution is -2.06. The van der Waals surface area contributed by atoms with Crippen LogP contribution in [0.5, 0.6) is 28.7 Å². The first-order valence-electron chi connectivity index (χ1n) is 10.0. The van der Waals surface area contributed by atoms with E-state index >= 15 is 0 Å². The minimum Gasteiger partial charge on any atom is -0.497 e. The van der Waals surface area contributed by atoms with E-state index in [0.717, 1.165) is 16.9 Å². The van der Waals surface area contributed by atoms with Crippen molar-refractivity contribution in [1.29, 1.82) is 0 Å². The molecule has 0 aliphatic rings. The first kappa shape index (κ1) is 23.0. The number of methoxy groups -OCH3 is 5. The summed E-state index contributed by atoms with van der Waals surface area (Å²) >= 11 is 0. The first-order valence-corrected chi connectivity index (χ1v) is 10.0. The molecule has 0 saturated heterocycles. The normalized spacial score (nSPS) is 11.8. The predicted octanol–water partition coefficient (Wildman–Crippen LogP) is 4.98. The molecule has 3 aromatic rings. The maximum absolute atomic E-state index is 11.4. The largest absolute Gasteiger partial charge is 0.497 e. The smallest absolute Gasteiger partial charge is 0.129 e. The van der Waals surface area contributed by atoms with Gasteiger partial charge in [0.25, 0.3) is 0 Å². The van der Waals surface area contributed by atoms with E-state index in [1.165, 1.54) is 0 Å². The molecule has 0 fully saturated rings. The van der Waals surface area contributed by atoms with Gasteiger partial charge in [0.15, 0.2) is 0 Å². The van der Waals surface area contributed by atoms with Crippen molar-refractivity contribution in [3.63, 3.8) is 0 Å². The van der Waals surface area contributed by atoms with Crippen LogP contribution in [0.15, 0.2) is 54.6 Å². The maximum atomic E-state index is 11.4. The molecule has 0 spiro atoms. The van der Waals surface area contributed by atoms with Crippen LogP contribution in [-0.4, -0.2) is 40.7 Å². The van der Waals surface area contributed by atoms with E-state index in [1.54, 1.807) is 59.8 Å². The molecule has 0 heterocycles. The minimum absolute atomic E-state index is 0.507. The molecule has 0 aliphatic heterocycles. The van der Waals surface area contributed by atoms with Gasteiger partial charge in [-0.3, -0.25) is 0 Å². The quantitative estimate of drug-likeness (QED) is 0.477. The second-order valence-electron chi connectivity index (χ2n) is 6.99. The Kier molecular flexibility index (Phi) is 7.63. The fourth-order valence-corrected chi connectivity index (χ4v) is 3.39. The molecule has 0 aliphatic carbocycles. The Morgan fingerprint density at radius 1 is 0.625 bits per heavy atom. The van der Waals surface area contributed by atoms with Crippen LogP contribution in [0.25, 0.3) is 12.2 Å². The first-order chi connectivity index (χ1) is 15.5. The number of hydrogen-bond donors (Lipinski definition) is 1. The van der Waals surface area contributed by atoms with E-state index in [1.807, 2.05) is 42.5 Å². The molecule has 3 aromatic carbocycles. The fraction of sp³-hybridized carbons (Fsp3) is 0.231. The van der Waals surface area contributed by atoms with Crippen molar-refractivity contribution in [1.82, 2.24) is 0 Å². The van der Waals surface area contributed by atoms with Crippen LogP contribution >= 0.6 is 0 Å². The second kappa shape index (κ2) is 10.6. The third-order valence-electron chi connectivity index (χ3n) is 5.14. The molecule has 3 rings (SSSR count). The van der Waals surface area contributed by atoms with E-state index < -0.39 is 6.10 Å². The number of hydrogen-bond acceptors (Lipinski definition) is 6. The highest BCUT2D eigenvalue weighted by Gasteiger charge is 2.22. The lowest BCUT2D eigenvalue weighted by atomic mass is 9.94. The van der Waals surface area contributed by atoms with Gasteiger partial charge >= 0.3 is 0 Å². The zero-order chi connectivity index (χ0) is 23.1. The average molecular weight is 437 g/mol. The summed E-state index contributed by atoms with van der Waals surface area (Å²) in [7, 11) is 7.93. The molecule has 1 atom stereocenters. The van der Waals surface area contributed by atoms with Crippen molar-refractivity contribution in [3.8, 4) is 28.7 Å². The monoisotopic (exact) mass is 436 g/mol. The molecule has 6 nitrogen and oxygen atoms in total. The maximum Gasteiger partial charge on any atom is 0.129 e. The van der Waals surface area contributed by atoms with Crippen LogP contribution in [0.2, 0.25) is 0 Å². The van der Waals surface area contributed by atoms with Crippen molar-refractivity contribution in [2.75, 3.05) is 35.5 Å². The van der Waals surface area contributed by atoms with Gasteiger partial charge < -0.3 is 28.8 Å². The highest BCUT2D eigenvalue weighted by Crippen LogP contribution is 2.39. The molecule has 6 heteroatoms. The number of rotatable bonds is 9. The Morgan fingerprint density at radius 2 is 1.19 bits per heavy atom. The fourth-order valence-electron chi connectivity index (χ4n) is 3.39. The van der Waals surface area contributed by atoms with Crippen molar-refractivity contribution in [2.24, 2.45) is 0 Å². The molecule has 0 aromatic heterocycles. The van der Waals surface area contributed by atoms with Gasteiger partial charge in [0.05, 0.1) is 35.5 Å². The molecule has 0 radical (unpaired) electrons. The number of aliphatic hydroxyl groups excluding tert-OH is 1. The summed E-state index contributed by atoms with van der Waals surface area (Å²) in [6.45, 7) is 0. The van der Waals surface area contributed by atoms with Gasteiger partial charge in [0.1, 0.15) is 34.9 Å². The third kappa shape index (κ3) is 5.15. The zero-order valence-corrected chi connectivity index (χ0v) is 18.9. The van der Waals surface area contributed by atoms with Gasteiger partial charge in [0, 0.05) is 17.7 Å². The molecule has 0 saturated carbocycles. The van der Waals surface area contributed by atoms with Crippen molar-refractivity contribution >= 4 is 12.2 Å². The SMILES string of the molecule is COc1ccc(/C=C/c2cc(OC)cc(OC)c2C(O)c2cc(OC)cc(OC)c2)cc1. The summed E-state index contributed by atoms with van der Waals surface area (Å²) in [4.78, 5) is 0. The Labute approximate surface area is 188 Å². The van der Waals surface area contributed by atoms with Crippen LogP contribution < -0.4 is 23.7 Å².